The summed E-state index contributed by atoms with van der Waals surface area (Å²) in [4.78, 5) is 0. The third-order valence-electron chi connectivity index (χ3n) is 2.13. The van der Waals surface area contributed by atoms with Gasteiger partial charge in [-0.15, -0.1) is 0 Å². The normalized spacial score (nSPS) is 10.3. The summed E-state index contributed by atoms with van der Waals surface area (Å²) < 4.78 is 31.4. The first-order valence-electron chi connectivity index (χ1n) is 4.75. The van der Waals surface area contributed by atoms with Crippen LogP contribution < -0.4 is 10.5 Å². The molecule has 0 aliphatic rings. The second kappa shape index (κ2) is 4.59. The standard InChI is InChI=1S/C12H8ClF2NO/c13-8-2-1-3-10(12(8)16)17-11-6-7(14)4-5-9(11)15/h1-6H,16H2. The van der Waals surface area contributed by atoms with Crippen LogP contribution in [0.5, 0.6) is 11.5 Å². The fraction of sp³-hybridized carbons (Fsp3) is 0. The average Bonchev–Trinajstić information content (AvgIpc) is 2.30. The number of halogens is 3. The first-order chi connectivity index (χ1) is 8.08. The molecule has 0 saturated carbocycles. The third kappa shape index (κ3) is 2.47. The van der Waals surface area contributed by atoms with Gasteiger partial charge in [-0.3, -0.25) is 0 Å². The molecule has 5 heteroatoms. The van der Waals surface area contributed by atoms with Gasteiger partial charge in [-0.25, -0.2) is 8.78 Å². The summed E-state index contributed by atoms with van der Waals surface area (Å²) in [6.45, 7) is 0. The van der Waals surface area contributed by atoms with Gasteiger partial charge in [0.2, 0.25) is 0 Å². The molecule has 0 aliphatic heterocycles. The van der Waals surface area contributed by atoms with Gasteiger partial charge in [-0.1, -0.05) is 17.7 Å². The maximum Gasteiger partial charge on any atom is 0.166 e. The van der Waals surface area contributed by atoms with Crippen molar-refractivity contribution in [1.82, 2.24) is 0 Å². The van der Waals surface area contributed by atoms with Crippen molar-refractivity contribution in [2.45, 2.75) is 0 Å². The van der Waals surface area contributed by atoms with E-state index in [0.717, 1.165) is 18.2 Å². The van der Waals surface area contributed by atoms with Gasteiger partial charge >= 0.3 is 0 Å². The summed E-state index contributed by atoms with van der Waals surface area (Å²) in [6.07, 6.45) is 0. The van der Waals surface area contributed by atoms with E-state index < -0.39 is 11.6 Å². The van der Waals surface area contributed by atoms with E-state index in [2.05, 4.69) is 0 Å². The number of para-hydroxylation sites is 1. The van der Waals surface area contributed by atoms with Crippen LogP contribution in [0.1, 0.15) is 0 Å². The summed E-state index contributed by atoms with van der Waals surface area (Å²) in [5.74, 6) is -1.33. The van der Waals surface area contributed by atoms with Crippen molar-refractivity contribution in [2.24, 2.45) is 0 Å². The lowest BCUT2D eigenvalue weighted by molar-refractivity contribution is 0.438. The molecule has 2 aromatic rings. The molecule has 2 N–H and O–H groups in total. The van der Waals surface area contributed by atoms with Gasteiger partial charge in [0.1, 0.15) is 5.82 Å². The van der Waals surface area contributed by atoms with E-state index in [1.807, 2.05) is 0 Å². The first kappa shape index (κ1) is 11.7. The van der Waals surface area contributed by atoms with Gasteiger partial charge in [-0.2, -0.15) is 0 Å². The summed E-state index contributed by atoms with van der Waals surface area (Å²) in [5.41, 5.74) is 5.82. The third-order valence-corrected chi connectivity index (χ3v) is 2.46. The molecule has 0 aromatic heterocycles. The van der Waals surface area contributed by atoms with Crippen molar-refractivity contribution in [2.75, 3.05) is 5.73 Å². The van der Waals surface area contributed by atoms with Crippen molar-refractivity contribution >= 4 is 17.3 Å². The average molecular weight is 256 g/mol. The molecular formula is C12H8ClF2NO. The molecule has 17 heavy (non-hydrogen) atoms. The van der Waals surface area contributed by atoms with Crippen LogP contribution in [0, 0.1) is 11.6 Å². The maximum atomic E-state index is 13.3. The molecule has 0 atom stereocenters. The Kier molecular flexibility index (Phi) is 3.15. The van der Waals surface area contributed by atoms with Crippen LogP contribution in [0.3, 0.4) is 0 Å². The predicted octanol–water partition coefficient (Wildman–Crippen LogP) is 3.99. The number of rotatable bonds is 2. The van der Waals surface area contributed by atoms with Crippen molar-refractivity contribution in [3.63, 3.8) is 0 Å². The van der Waals surface area contributed by atoms with Crippen LogP contribution in [-0.4, -0.2) is 0 Å². The Bertz CT molecular complexity index is 560. The Morgan fingerprint density at radius 3 is 2.59 bits per heavy atom. The monoisotopic (exact) mass is 255 g/mol. The van der Waals surface area contributed by atoms with Crippen molar-refractivity contribution in [1.29, 1.82) is 0 Å². The second-order valence-electron chi connectivity index (χ2n) is 3.33. The number of benzene rings is 2. The molecule has 0 bridgehead atoms. The quantitative estimate of drug-likeness (QED) is 0.824. The van der Waals surface area contributed by atoms with Crippen LogP contribution in [-0.2, 0) is 0 Å². The fourth-order valence-corrected chi connectivity index (χ4v) is 1.45. The predicted molar refractivity (Wildman–Crippen MR) is 62.3 cm³/mol. The van der Waals surface area contributed by atoms with Gasteiger partial charge in [0, 0.05) is 6.07 Å². The summed E-state index contributed by atoms with van der Waals surface area (Å²) in [5, 5.41) is 0.291. The molecule has 2 aromatic carbocycles. The zero-order valence-electron chi connectivity index (χ0n) is 8.58. The molecule has 0 aliphatic carbocycles. The van der Waals surface area contributed by atoms with Crippen LogP contribution >= 0.6 is 11.6 Å². The largest absolute Gasteiger partial charge is 0.452 e. The number of hydrogen-bond acceptors (Lipinski definition) is 2. The lowest BCUT2D eigenvalue weighted by Gasteiger charge is -2.09. The topological polar surface area (TPSA) is 35.2 Å². The fourth-order valence-electron chi connectivity index (χ4n) is 1.28. The number of nitrogen functional groups attached to an aromatic ring is 1. The molecular weight excluding hydrogens is 248 g/mol. The minimum atomic E-state index is -0.675. The zero-order valence-corrected chi connectivity index (χ0v) is 9.34. The number of nitrogens with two attached hydrogens (primary N) is 1. The minimum Gasteiger partial charge on any atom is -0.452 e. The molecule has 0 spiro atoms. The lowest BCUT2D eigenvalue weighted by atomic mass is 10.3. The first-order valence-corrected chi connectivity index (χ1v) is 5.12. The van der Waals surface area contributed by atoms with Crippen molar-refractivity contribution < 1.29 is 13.5 Å². The highest BCUT2D eigenvalue weighted by Gasteiger charge is 2.09. The van der Waals surface area contributed by atoms with Crippen LogP contribution in [0.4, 0.5) is 14.5 Å². The van der Waals surface area contributed by atoms with Crippen molar-refractivity contribution in [3.05, 3.63) is 53.1 Å². The van der Waals surface area contributed by atoms with E-state index in [1.165, 1.54) is 6.07 Å². The maximum absolute atomic E-state index is 13.3. The SMILES string of the molecule is Nc1c(Cl)cccc1Oc1cc(F)ccc1F. The molecule has 88 valence electrons. The molecule has 2 rings (SSSR count). The van der Waals surface area contributed by atoms with Gasteiger partial charge < -0.3 is 10.5 Å². The van der Waals surface area contributed by atoms with E-state index in [0.29, 0.717) is 5.02 Å². The van der Waals surface area contributed by atoms with Crippen LogP contribution in [0.25, 0.3) is 0 Å². The molecule has 0 radical (unpaired) electrons. The lowest BCUT2D eigenvalue weighted by Crippen LogP contribution is -1.95. The van der Waals surface area contributed by atoms with Crippen molar-refractivity contribution in [3.8, 4) is 11.5 Å². The summed E-state index contributed by atoms with van der Waals surface area (Å²) >= 11 is 5.78. The van der Waals surface area contributed by atoms with Gasteiger partial charge in [0.05, 0.1) is 10.7 Å². The highest BCUT2D eigenvalue weighted by molar-refractivity contribution is 6.33. The molecule has 0 fully saturated rings. The van der Waals surface area contributed by atoms with Gasteiger partial charge in [-0.05, 0) is 24.3 Å². The summed E-state index contributed by atoms with van der Waals surface area (Å²) in [7, 11) is 0. The molecule has 0 heterocycles. The number of hydrogen-bond donors (Lipinski definition) is 1. The van der Waals surface area contributed by atoms with Crippen LogP contribution in [0.15, 0.2) is 36.4 Å². The van der Waals surface area contributed by atoms with E-state index in [-0.39, 0.29) is 17.2 Å². The Balaban J connectivity index is 2.38. The van der Waals surface area contributed by atoms with Crippen LogP contribution in [0.2, 0.25) is 5.02 Å². The smallest absolute Gasteiger partial charge is 0.166 e. The highest BCUT2D eigenvalue weighted by atomic mass is 35.5. The van der Waals surface area contributed by atoms with E-state index in [1.54, 1.807) is 12.1 Å². The van der Waals surface area contributed by atoms with Gasteiger partial charge in [0.25, 0.3) is 0 Å². The Morgan fingerprint density at radius 1 is 1.06 bits per heavy atom. The Labute approximate surface area is 102 Å². The van der Waals surface area contributed by atoms with Gasteiger partial charge in [0.15, 0.2) is 17.3 Å². The van der Waals surface area contributed by atoms with E-state index in [4.69, 9.17) is 22.1 Å². The molecule has 2 nitrogen and oxygen atoms in total. The number of ether oxygens (including phenoxy) is 1. The van der Waals surface area contributed by atoms with E-state index in [9.17, 15) is 8.78 Å². The summed E-state index contributed by atoms with van der Waals surface area (Å²) in [6, 6.07) is 7.62. The Hall–Kier alpha value is -1.81. The second-order valence-corrected chi connectivity index (χ2v) is 3.74. The zero-order chi connectivity index (χ0) is 12.4. The molecule has 0 saturated heterocycles. The van der Waals surface area contributed by atoms with E-state index >= 15 is 0 Å². The number of anilines is 1. The Morgan fingerprint density at radius 2 is 1.82 bits per heavy atom. The minimum absolute atomic E-state index is 0.179. The highest BCUT2D eigenvalue weighted by Crippen LogP contribution is 2.33. The molecule has 0 unspecified atom stereocenters. The molecule has 0 amide bonds.